The minimum Gasteiger partial charge on any atom is -0.378 e. The zero-order chi connectivity index (χ0) is 13.9. The number of thiazole rings is 1. The lowest BCUT2D eigenvalue weighted by molar-refractivity contribution is -0.115. The summed E-state index contributed by atoms with van der Waals surface area (Å²) in [5, 5.41) is 3.91. The second-order valence-corrected chi connectivity index (χ2v) is 5.69. The zero-order valence-electron chi connectivity index (χ0n) is 11.4. The second-order valence-electron chi connectivity index (χ2n) is 4.68. The van der Waals surface area contributed by atoms with Gasteiger partial charge in [0.2, 0.25) is 5.91 Å². The summed E-state index contributed by atoms with van der Waals surface area (Å²) < 4.78 is 6.46. The van der Waals surface area contributed by atoms with Gasteiger partial charge in [-0.2, -0.15) is 0 Å². The van der Waals surface area contributed by atoms with Gasteiger partial charge in [0, 0.05) is 25.2 Å². The average Bonchev–Trinajstić information content (AvgIpc) is 2.91. The average molecular weight is 291 g/mol. The van der Waals surface area contributed by atoms with Crippen molar-refractivity contribution in [2.75, 3.05) is 36.5 Å². The normalized spacial score (nSPS) is 15.6. The van der Waals surface area contributed by atoms with Crippen molar-refractivity contribution in [2.45, 2.75) is 13.3 Å². The highest BCUT2D eigenvalue weighted by atomic mass is 32.1. The SMILES string of the molecule is CCC(=O)Nc1ccc2nc(N3CCOCC3)sc2c1. The van der Waals surface area contributed by atoms with Gasteiger partial charge in [-0.1, -0.05) is 18.3 Å². The molecular weight excluding hydrogens is 274 g/mol. The molecule has 0 spiro atoms. The standard InChI is InChI=1S/C14H17N3O2S/c1-2-13(18)15-10-3-4-11-12(9-10)20-14(16-11)17-5-7-19-8-6-17/h3-4,9H,2,5-8H2,1H3,(H,15,18). The Morgan fingerprint density at radius 1 is 1.45 bits per heavy atom. The van der Waals surface area contributed by atoms with Gasteiger partial charge in [0.25, 0.3) is 0 Å². The molecule has 1 fully saturated rings. The first-order valence-corrected chi connectivity index (χ1v) is 7.61. The highest BCUT2D eigenvalue weighted by molar-refractivity contribution is 7.22. The van der Waals surface area contributed by atoms with Gasteiger partial charge in [0.05, 0.1) is 23.4 Å². The van der Waals surface area contributed by atoms with Gasteiger partial charge in [0.1, 0.15) is 0 Å². The molecule has 0 unspecified atom stereocenters. The van der Waals surface area contributed by atoms with Crippen molar-refractivity contribution in [3.63, 3.8) is 0 Å². The lowest BCUT2D eigenvalue weighted by atomic mass is 10.3. The number of hydrogen-bond acceptors (Lipinski definition) is 5. The molecule has 6 heteroatoms. The highest BCUT2D eigenvalue weighted by Gasteiger charge is 2.15. The van der Waals surface area contributed by atoms with E-state index in [2.05, 4.69) is 15.2 Å². The fourth-order valence-electron chi connectivity index (χ4n) is 2.13. The molecule has 1 aliphatic heterocycles. The van der Waals surface area contributed by atoms with Crippen LogP contribution in [0.3, 0.4) is 0 Å². The minimum absolute atomic E-state index is 0.0299. The van der Waals surface area contributed by atoms with E-state index in [1.807, 2.05) is 25.1 Å². The molecule has 1 aromatic carbocycles. The van der Waals surface area contributed by atoms with Crippen LogP contribution in [-0.4, -0.2) is 37.2 Å². The van der Waals surface area contributed by atoms with Crippen molar-refractivity contribution >= 4 is 38.3 Å². The number of carbonyl (C=O) groups excluding carboxylic acids is 1. The molecule has 0 radical (unpaired) electrons. The monoisotopic (exact) mass is 291 g/mol. The Morgan fingerprint density at radius 3 is 3.00 bits per heavy atom. The number of nitrogens with zero attached hydrogens (tertiary/aromatic N) is 2. The molecule has 0 saturated carbocycles. The van der Waals surface area contributed by atoms with Gasteiger partial charge >= 0.3 is 0 Å². The van der Waals surface area contributed by atoms with Gasteiger partial charge in [-0.15, -0.1) is 0 Å². The molecule has 1 aromatic heterocycles. The summed E-state index contributed by atoms with van der Waals surface area (Å²) in [5.41, 5.74) is 1.81. The van der Waals surface area contributed by atoms with E-state index in [-0.39, 0.29) is 5.91 Å². The zero-order valence-corrected chi connectivity index (χ0v) is 12.2. The fourth-order valence-corrected chi connectivity index (χ4v) is 3.19. The lowest BCUT2D eigenvalue weighted by Crippen LogP contribution is -2.36. The number of nitrogens with one attached hydrogen (secondary N) is 1. The van der Waals surface area contributed by atoms with Gasteiger partial charge < -0.3 is 15.0 Å². The third-order valence-electron chi connectivity index (χ3n) is 3.26. The van der Waals surface area contributed by atoms with E-state index in [1.165, 1.54) is 0 Å². The van der Waals surface area contributed by atoms with Crippen molar-refractivity contribution in [3.8, 4) is 0 Å². The topological polar surface area (TPSA) is 54.5 Å². The summed E-state index contributed by atoms with van der Waals surface area (Å²) in [5.74, 6) is 0.0299. The van der Waals surface area contributed by atoms with Crippen molar-refractivity contribution in [3.05, 3.63) is 18.2 Å². The van der Waals surface area contributed by atoms with Crippen LogP contribution in [0, 0.1) is 0 Å². The minimum atomic E-state index is 0.0299. The largest absolute Gasteiger partial charge is 0.378 e. The molecule has 5 nitrogen and oxygen atoms in total. The summed E-state index contributed by atoms with van der Waals surface area (Å²) >= 11 is 1.66. The maximum atomic E-state index is 11.4. The molecule has 2 aromatic rings. The Kier molecular flexibility index (Phi) is 3.84. The molecule has 20 heavy (non-hydrogen) atoms. The first-order chi connectivity index (χ1) is 9.76. The number of amides is 1. The van der Waals surface area contributed by atoms with Crippen molar-refractivity contribution in [1.82, 2.24) is 4.98 Å². The number of benzene rings is 1. The lowest BCUT2D eigenvalue weighted by Gasteiger charge is -2.25. The summed E-state index contributed by atoms with van der Waals surface area (Å²) in [4.78, 5) is 18.3. The number of anilines is 2. The first kappa shape index (κ1) is 13.3. The number of hydrogen-bond donors (Lipinski definition) is 1. The maximum absolute atomic E-state index is 11.4. The van der Waals surface area contributed by atoms with Gasteiger partial charge in [-0.05, 0) is 18.2 Å². The summed E-state index contributed by atoms with van der Waals surface area (Å²) in [7, 11) is 0. The van der Waals surface area contributed by atoms with Crippen LogP contribution in [0.2, 0.25) is 0 Å². The fraction of sp³-hybridized carbons (Fsp3) is 0.429. The van der Waals surface area contributed by atoms with Crippen LogP contribution in [-0.2, 0) is 9.53 Å². The number of morpholine rings is 1. The number of carbonyl (C=O) groups is 1. The van der Waals surface area contributed by atoms with Crippen LogP contribution in [0.4, 0.5) is 10.8 Å². The number of fused-ring (bicyclic) bond motifs is 1. The van der Waals surface area contributed by atoms with E-state index < -0.39 is 0 Å². The molecule has 3 rings (SSSR count). The van der Waals surface area contributed by atoms with E-state index in [9.17, 15) is 4.79 Å². The molecule has 0 aliphatic carbocycles. The molecule has 1 saturated heterocycles. The molecular formula is C14H17N3O2S. The van der Waals surface area contributed by atoms with Crippen LogP contribution in [0.1, 0.15) is 13.3 Å². The van der Waals surface area contributed by atoms with Crippen LogP contribution in [0.25, 0.3) is 10.2 Å². The molecule has 106 valence electrons. The van der Waals surface area contributed by atoms with Crippen molar-refractivity contribution in [2.24, 2.45) is 0 Å². The van der Waals surface area contributed by atoms with Crippen molar-refractivity contribution < 1.29 is 9.53 Å². The van der Waals surface area contributed by atoms with Crippen LogP contribution < -0.4 is 10.2 Å². The Morgan fingerprint density at radius 2 is 2.25 bits per heavy atom. The molecule has 1 N–H and O–H groups in total. The molecule has 0 bridgehead atoms. The van der Waals surface area contributed by atoms with Gasteiger partial charge in [-0.25, -0.2) is 4.98 Å². The Balaban J connectivity index is 1.85. The van der Waals surface area contributed by atoms with Gasteiger partial charge in [0.15, 0.2) is 5.13 Å². The van der Waals surface area contributed by atoms with E-state index in [4.69, 9.17) is 4.74 Å². The molecule has 2 heterocycles. The molecule has 1 aliphatic rings. The van der Waals surface area contributed by atoms with Crippen LogP contribution in [0.15, 0.2) is 18.2 Å². The second kappa shape index (κ2) is 5.76. The maximum Gasteiger partial charge on any atom is 0.224 e. The predicted octanol–water partition coefficient (Wildman–Crippen LogP) is 2.48. The molecule has 1 amide bonds. The van der Waals surface area contributed by atoms with E-state index >= 15 is 0 Å². The Labute approximate surface area is 121 Å². The number of ether oxygens (including phenoxy) is 1. The summed E-state index contributed by atoms with van der Waals surface area (Å²) in [6.45, 7) is 5.14. The third kappa shape index (κ3) is 2.76. The van der Waals surface area contributed by atoms with Crippen molar-refractivity contribution in [1.29, 1.82) is 0 Å². The smallest absolute Gasteiger partial charge is 0.224 e. The number of aromatic nitrogens is 1. The first-order valence-electron chi connectivity index (χ1n) is 6.79. The Bertz CT molecular complexity index is 620. The number of rotatable bonds is 3. The quantitative estimate of drug-likeness (QED) is 0.944. The highest BCUT2D eigenvalue weighted by Crippen LogP contribution is 2.31. The van der Waals surface area contributed by atoms with E-state index in [1.54, 1.807) is 11.3 Å². The summed E-state index contributed by atoms with van der Waals surface area (Å²) in [6.07, 6.45) is 0.486. The van der Waals surface area contributed by atoms with E-state index in [0.29, 0.717) is 6.42 Å². The Hall–Kier alpha value is -1.66. The van der Waals surface area contributed by atoms with E-state index in [0.717, 1.165) is 47.3 Å². The predicted molar refractivity (Wildman–Crippen MR) is 81.6 cm³/mol. The summed E-state index contributed by atoms with van der Waals surface area (Å²) in [6, 6.07) is 5.85. The third-order valence-corrected chi connectivity index (χ3v) is 4.34. The van der Waals surface area contributed by atoms with Crippen LogP contribution in [0.5, 0.6) is 0 Å². The van der Waals surface area contributed by atoms with Gasteiger partial charge in [-0.3, -0.25) is 4.79 Å². The van der Waals surface area contributed by atoms with Crippen LogP contribution >= 0.6 is 11.3 Å². The molecule has 0 atom stereocenters.